The minimum Gasteiger partial charge on any atom is -0.481 e. The zero-order chi connectivity index (χ0) is 18.1. The SMILES string of the molecule is CCN(CC)C(=O)CCCC(=O)Nc1cccc(C(C)C(=O)O)c1. The van der Waals surface area contributed by atoms with Gasteiger partial charge in [0.2, 0.25) is 11.8 Å². The Morgan fingerprint density at radius 1 is 1.17 bits per heavy atom. The molecule has 0 fully saturated rings. The number of nitrogens with one attached hydrogen (secondary N) is 1. The summed E-state index contributed by atoms with van der Waals surface area (Å²) in [5.74, 6) is -1.66. The molecule has 6 nitrogen and oxygen atoms in total. The molecule has 1 atom stereocenters. The van der Waals surface area contributed by atoms with Crippen molar-refractivity contribution in [2.24, 2.45) is 0 Å². The molecule has 1 aromatic carbocycles. The number of anilines is 1. The van der Waals surface area contributed by atoms with E-state index in [4.69, 9.17) is 5.11 Å². The monoisotopic (exact) mass is 334 g/mol. The molecule has 6 heteroatoms. The maximum atomic E-state index is 12.0. The van der Waals surface area contributed by atoms with Crippen LogP contribution in [-0.4, -0.2) is 40.9 Å². The van der Waals surface area contributed by atoms with E-state index in [1.54, 1.807) is 36.1 Å². The van der Waals surface area contributed by atoms with E-state index in [1.807, 2.05) is 13.8 Å². The number of amides is 2. The van der Waals surface area contributed by atoms with Gasteiger partial charge in [-0.25, -0.2) is 0 Å². The summed E-state index contributed by atoms with van der Waals surface area (Å²) in [5, 5.41) is 11.8. The zero-order valence-corrected chi connectivity index (χ0v) is 14.5. The van der Waals surface area contributed by atoms with Gasteiger partial charge in [0, 0.05) is 31.6 Å². The number of carbonyl (C=O) groups is 3. The summed E-state index contributed by atoms with van der Waals surface area (Å²) in [5.41, 5.74) is 1.21. The van der Waals surface area contributed by atoms with Gasteiger partial charge in [0.15, 0.2) is 0 Å². The number of hydrogen-bond acceptors (Lipinski definition) is 3. The molecule has 0 aliphatic carbocycles. The van der Waals surface area contributed by atoms with Gasteiger partial charge in [-0.15, -0.1) is 0 Å². The molecule has 0 radical (unpaired) electrons. The Balaban J connectivity index is 2.50. The molecule has 2 amide bonds. The molecule has 0 aromatic heterocycles. The van der Waals surface area contributed by atoms with Crippen LogP contribution in [0.3, 0.4) is 0 Å². The molecule has 0 bridgehead atoms. The van der Waals surface area contributed by atoms with E-state index >= 15 is 0 Å². The first kappa shape index (κ1) is 19.7. The van der Waals surface area contributed by atoms with Crippen LogP contribution in [-0.2, 0) is 14.4 Å². The molecule has 1 aromatic rings. The van der Waals surface area contributed by atoms with Gasteiger partial charge in [0.05, 0.1) is 5.92 Å². The van der Waals surface area contributed by atoms with Crippen molar-refractivity contribution in [2.45, 2.75) is 46.0 Å². The van der Waals surface area contributed by atoms with Crippen LogP contribution < -0.4 is 5.32 Å². The standard InChI is InChI=1S/C18H26N2O4/c1-4-20(5-2)17(22)11-7-10-16(21)19-15-9-6-8-14(12-15)13(3)18(23)24/h6,8-9,12-13H,4-5,7,10-11H2,1-3H3,(H,19,21)(H,23,24). The van der Waals surface area contributed by atoms with E-state index in [2.05, 4.69) is 5.32 Å². The number of benzene rings is 1. The predicted molar refractivity (Wildman–Crippen MR) is 92.9 cm³/mol. The van der Waals surface area contributed by atoms with Crippen LogP contribution in [0.1, 0.15) is 51.5 Å². The van der Waals surface area contributed by atoms with Gasteiger partial charge in [0.1, 0.15) is 0 Å². The van der Waals surface area contributed by atoms with Crippen LogP contribution in [0, 0.1) is 0 Å². The summed E-state index contributed by atoms with van der Waals surface area (Å²) in [6, 6.07) is 6.82. The molecular weight excluding hydrogens is 308 g/mol. The number of rotatable bonds is 9. The van der Waals surface area contributed by atoms with Crippen molar-refractivity contribution < 1.29 is 19.5 Å². The predicted octanol–water partition coefficient (Wildman–Crippen LogP) is 2.85. The maximum absolute atomic E-state index is 12.0. The second kappa shape index (κ2) is 9.70. The quantitative estimate of drug-likeness (QED) is 0.727. The summed E-state index contributed by atoms with van der Waals surface area (Å²) in [6.07, 6.45) is 1.10. The van der Waals surface area contributed by atoms with Gasteiger partial charge < -0.3 is 15.3 Å². The Hall–Kier alpha value is -2.37. The van der Waals surface area contributed by atoms with Gasteiger partial charge in [-0.2, -0.15) is 0 Å². The van der Waals surface area contributed by atoms with E-state index in [1.165, 1.54) is 0 Å². The molecule has 0 aliphatic rings. The minimum absolute atomic E-state index is 0.0603. The van der Waals surface area contributed by atoms with Crippen LogP contribution in [0.4, 0.5) is 5.69 Å². The minimum atomic E-state index is -0.909. The highest BCUT2D eigenvalue weighted by atomic mass is 16.4. The molecule has 0 saturated carbocycles. The number of carboxylic acid groups (broad SMARTS) is 1. The van der Waals surface area contributed by atoms with Crippen molar-refractivity contribution in [3.8, 4) is 0 Å². The molecule has 0 aliphatic heterocycles. The lowest BCUT2D eigenvalue weighted by molar-refractivity contribution is -0.138. The lowest BCUT2D eigenvalue weighted by atomic mass is 10.0. The molecule has 2 N–H and O–H groups in total. The Bertz CT molecular complexity index is 582. The highest BCUT2D eigenvalue weighted by Gasteiger charge is 2.14. The van der Waals surface area contributed by atoms with Crippen molar-refractivity contribution in [1.82, 2.24) is 4.90 Å². The summed E-state index contributed by atoms with van der Waals surface area (Å²) < 4.78 is 0. The van der Waals surface area contributed by atoms with Crippen LogP contribution in [0.15, 0.2) is 24.3 Å². The fourth-order valence-electron chi connectivity index (χ4n) is 2.39. The van der Waals surface area contributed by atoms with Gasteiger partial charge in [0.25, 0.3) is 0 Å². The van der Waals surface area contributed by atoms with Crippen molar-refractivity contribution in [2.75, 3.05) is 18.4 Å². The Kier molecular flexibility index (Phi) is 7.95. The maximum Gasteiger partial charge on any atom is 0.310 e. The van der Waals surface area contributed by atoms with E-state index < -0.39 is 11.9 Å². The first-order valence-corrected chi connectivity index (χ1v) is 8.29. The third kappa shape index (κ3) is 6.02. The number of hydrogen-bond donors (Lipinski definition) is 2. The molecule has 132 valence electrons. The zero-order valence-electron chi connectivity index (χ0n) is 14.5. The fourth-order valence-corrected chi connectivity index (χ4v) is 2.39. The largest absolute Gasteiger partial charge is 0.481 e. The van der Waals surface area contributed by atoms with E-state index in [9.17, 15) is 14.4 Å². The highest BCUT2D eigenvalue weighted by Crippen LogP contribution is 2.19. The summed E-state index contributed by atoms with van der Waals surface area (Å²) in [4.78, 5) is 36.6. The molecule has 1 unspecified atom stereocenters. The average molecular weight is 334 g/mol. The Labute approximate surface area is 142 Å². The lowest BCUT2D eigenvalue weighted by Crippen LogP contribution is -2.30. The van der Waals surface area contributed by atoms with Gasteiger partial charge in [-0.3, -0.25) is 14.4 Å². The Morgan fingerprint density at radius 2 is 1.83 bits per heavy atom. The summed E-state index contributed by atoms with van der Waals surface area (Å²) in [7, 11) is 0. The third-order valence-corrected chi connectivity index (χ3v) is 3.95. The number of carbonyl (C=O) groups excluding carboxylic acids is 2. The van der Waals surface area contributed by atoms with Crippen molar-refractivity contribution in [3.05, 3.63) is 29.8 Å². The van der Waals surface area contributed by atoms with Crippen molar-refractivity contribution in [1.29, 1.82) is 0 Å². The number of nitrogens with zero attached hydrogens (tertiary/aromatic N) is 1. The smallest absolute Gasteiger partial charge is 0.310 e. The second-order valence-corrected chi connectivity index (χ2v) is 5.65. The first-order chi connectivity index (χ1) is 11.4. The normalized spacial score (nSPS) is 11.6. The molecule has 24 heavy (non-hydrogen) atoms. The fraction of sp³-hybridized carbons (Fsp3) is 0.500. The molecule has 1 rings (SSSR count). The average Bonchev–Trinajstić information content (AvgIpc) is 2.55. The second-order valence-electron chi connectivity index (χ2n) is 5.65. The van der Waals surface area contributed by atoms with E-state index in [-0.39, 0.29) is 18.2 Å². The highest BCUT2D eigenvalue weighted by molar-refractivity contribution is 5.91. The topological polar surface area (TPSA) is 86.7 Å². The lowest BCUT2D eigenvalue weighted by Gasteiger charge is -2.18. The van der Waals surface area contributed by atoms with Crippen molar-refractivity contribution in [3.63, 3.8) is 0 Å². The first-order valence-electron chi connectivity index (χ1n) is 8.29. The van der Waals surface area contributed by atoms with Crippen LogP contribution in [0.2, 0.25) is 0 Å². The van der Waals surface area contributed by atoms with Crippen LogP contribution >= 0.6 is 0 Å². The van der Waals surface area contributed by atoms with Crippen molar-refractivity contribution >= 4 is 23.5 Å². The number of aliphatic carboxylic acids is 1. The Morgan fingerprint density at radius 3 is 2.42 bits per heavy atom. The number of carboxylic acids is 1. The van der Waals surface area contributed by atoms with Crippen LogP contribution in [0.5, 0.6) is 0 Å². The van der Waals surface area contributed by atoms with Gasteiger partial charge in [-0.05, 0) is 44.9 Å². The summed E-state index contributed by atoms with van der Waals surface area (Å²) in [6.45, 7) is 6.81. The molecular formula is C18H26N2O4. The van der Waals surface area contributed by atoms with Crippen LogP contribution in [0.25, 0.3) is 0 Å². The molecule has 0 saturated heterocycles. The van der Waals surface area contributed by atoms with Gasteiger partial charge in [-0.1, -0.05) is 12.1 Å². The molecule has 0 heterocycles. The molecule has 0 spiro atoms. The van der Waals surface area contributed by atoms with E-state index in [0.29, 0.717) is 37.2 Å². The summed E-state index contributed by atoms with van der Waals surface area (Å²) >= 11 is 0. The van der Waals surface area contributed by atoms with E-state index in [0.717, 1.165) is 0 Å². The van der Waals surface area contributed by atoms with Gasteiger partial charge >= 0.3 is 5.97 Å². The third-order valence-electron chi connectivity index (χ3n) is 3.95.